The van der Waals surface area contributed by atoms with Crippen LogP contribution in [0.25, 0.3) is 11.4 Å². The fourth-order valence-corrected chi connectivity index (χ4v) is 1.97. The Kier molecular flexibility index (Phi) is 2.63. The molecule has 1 aromatic carbocycles. The lowest BCUT2D eigenvalue weighted by Gasteiger charge is -2.02. The first kappa shape index (κ1) is 11.3. The van der Waals surface area contributed by atoms with Crippen molar-refractivity contribution in [3.05, 3.63) is 35.5 Å². The lowest BCUT2D eigenvalue weighted by molar-refractivity contribution is 0.343. The maximum atomic E-state index is 13.2. The summed E-state index contributed by atoms with van der Waals surface area (Å²) in [5.41, 5.74) is 7.54. The van der Waals surface area contributed by atoms with Gasteiger partial charge in [-0.2, -0.15) is 4.98 Å². The summed E-state index contributed by atoms with van der Waals surface area (Å²) in [7, 11) is 0. The van der Waals surface area contributed by atoms with Crippen LogP contribution in [-0.4, -0.2) is 10.1 Å². The summed E-state index contributed by atoms with van der Waals surface area (Å²) in [6, 6.07) is 4.32. The van der Waals surface area contributed by atoms with Crippen molar-refractivity contribution in [2.45, 2.75) is 25.8 Å². The largest absolute Gasteiger partial charge is 0.337 e. The summed E-state index contributed by atoms with van der Waals surface area (Å²) in [4.78, 5) is 4.27. The number of hydrogen-bond donors (Lipinski definition) is 1. The molecule has 2 N–H and O–H groups in total. The summed E-state index contributed by atoms with van der Waals surface area (Å²) >= 11 is 0. The fourth-order valence-electron chi connectivity index (χ4n) is 1.97. The van der Waals surface area contributed by atoms with Crippen LogP contribution in [-0.2, 0) is 0 Å². The zero-order chi connectivity index (χ0) is 12.7. The van der Waals surface area contributed by atoms with Crippen LogP contribution < -0.4 is 5.73 Å². The number of rotatable bonds is 3. The standard InChI is InChI=1S/C13H14FN3O/c1-7-2-5-9(14)6-10(7)12-16-13(18-17-12)11(15)8-3-4-8/h2,5-6,8,11H,3-4,15H2,1H3. The lowest BCUT2D eigenvalue weighted by Crippen LogP contribution is -2.12. The summed E-state index contributed by atoms with van der Waals surface area (Å²) in [5, 5.41) is 3.89. The van der Waals surface area contributed by atoms with Gasteiger partial charge < -0.3 is 10.3 Å². The highest BCUT2D eigenvalue weighted by atomic mass is 19.1. The van der Waals surface area contributed by atoms with E-state index in [0.29, 0.717) is 23.2 Å². The van der Waals surface area contributed by atoms with Crippen LogP contribution in [0.3, 0.4) is 0 Å². The Bertz CT molecular complexity index is 577. The van der Waals surface area contributed by atoms with Crippen molar-refractivity contribution in [3.63, 3.8) is 0 Å². The van der Waals surface area contributed by atoms with E-state index in [-0.39, 0.29) is 11.9 Å². The van der Waals surface area contributed by atoms with E-state index in [1.807, 2.05) is 6.92 Å². The molecule has 0 radical (unpaired) electrons. The van der Waals surface area contributed by atoms with E-state index in [9.17, 15) is 4.39 Å². The van der Waals surface area contributed by atoms with E-state index >= 15 is 0 Å². The van der Waals surface area contributed by atoms with Gasteiger partial charge in [0.05, 0.1) is 6.04 Å². The molecule has 0 aliphatic heterocycles. The summed E-state index contributed by atoms with van der Waals surface area (Å²) in [6.07, 6.45) is 2.22. The second-order valence-corrected chi connectivity index (χ2v) is 4.78. The highest BCUT2D eigenvalue weighted by Crippen LogP contribution is 2.39. The van der Waals surface area contributed by atoms with Crippen LogP contribution in [0.4, 0.5) is 4.39 Å². The third-order valence-corrected chi connectivity index (χ3v) is 3.30. The fraction of sp³-hybridized carbons (Fsp3) is 0.385. The van der Waals surface area contributed by atoms with Crippen LogP contribution in [0.2, 0.25) is 0 Å². The van der Waals surface area contributed by atoms with Crippen molar-refractivity contribution in [1.29, 1.82) is 0 Å². The van der Waals surface area contributed by atoms with E-state index in [1.165, 1.54) is 12.1 Å². The van der Waals surface area contributed by atoms with E-state index in [4.69, 9.17) is 10.3 Å². The van der Waals surface area contributed by atoms with E-state index in [2.05, 4.69) is 10.1 Å². The van der Waals surface area contributed by atoms with Gasteiger partial charge in [-0.1, -0.05) is 11.2 Å². The summed E-state index contributed by atoms with van der Waals surface area (Å²) in [6.45, 7) is 1.88. The highest BCUT2D eigenvalue weighted by Gasteiger charge is 2.33. The van der Waals surface area contributed by atoms with Crippen LogP contribution in [0.5, 0.6) is 0 Å². The minimum atomic E-state index is -0.312. The topological polar surface area (TPSA) is 64.9 Å². The predicted molar refractivity (Wildman–Crippen MR) is 64.1 cm³/mol. The Hall–Kier alpha value is -1.75. The number of hydrogen-bond acceptors (Lipinski definition) is 4. The second kappa shape index (κ2) is 4.17. The number of benzene rings is 1. The minimum Gasteiger partial charge on any atom is -0.337 e. The average molecular weight is 247 g/mol. The predicted octanol–water partition coefficient (Wildman–Crippen LogP) is 2.59. The molecule has 0 saturated heterocycles. The van der Waals surface area contributed by atoms with Crippen LogP contribution in [0.15, 0.2) is 22.7 Å². The zero-order valence-electron chi connectivity index (χ0n) is 10.1. The zero-order valence-corrected chi connectivity index (χ0v) is 10.1. The molecule has 1 aromatic heterocycles. The second-order valence-electron chi connectivity index (χ2n) is 4.78. The van der Waals surface area contributed by atoms with Crippen molar-refractivity contribution in [2.75, 3.05) is 0 Å². The molecule has 94 valence electrons. The van der Waals surface area contributed by atoms with Gasteiger partial charge in [0.25, 0.3) is 0 Å². The molecule has 5 heteroatoms. The Morgan fingerprint density at radius 2 is 2.22 bits per heavy atom. The molecule has 1 atom stereocenters. The maximum absolute atomic E-state index is 13.2. The summed E-state index contributed by atoms with van der Waals surface area (Å²) < 4.78 is 18.4. The van der Waals surface area contributed by atoms with Gasteiger partial charge in [0.1, 0.15) is 5.82 Å². The molecule has 1 saturated carbocycles. The highest BCUT2D eigenvalue weighted by molar-refractivity contribution is 5.59. The Labute approximate surface area is 104 Å². The molecule has 1 heterocycles. The maximum Gasteiger partial charge on any atom is 0.244 e. The molecule has 0 bridgehead atoms. The number of halogens is 1. The van der Waals surface area contributed by atoms with E-state index in [0.717, 1.165) is 18.4 Å². The number of aromatic nitrogens is 2. The summed E-state index contributed by atoms with van der Waals surface area (Å²) in [5.74, 6) is 0.981. The molecule has 1 aliphatic carbocycles. The monoisotopic (exact) mass is 247 g/mol. The van der Waals surface area contributed by atoms with Gasteiger partial charge in [-0.15, -0.1) is 0 Å². The van der Waals surface area contributed by atoms with Crippen LogP contribution in [0, 0.1) is 18.7 Å². The lowest BCUT2D eigenvalue weighted by atomic mass is 10.1. The molecule has 3 rings (SSSR count). The first-order valence-corrected chi connectivity index (χ1v) is 6.01. The normalized spacial score (nSPS) is 16.8. The van der Waals surface area contributed by atoms with Crippen molar-refractivity contribution in [1.82, 2.24) is 10.1 Å². The quantitative estimate of drug-likeness (QED) is 0.905. The van der Waals surface area contributed by atoms with Crippen molar-refractivity contribution < 1.29 is 8.91 Å². The third-order valence-electron chi connectivity index (χ3n) is 3.30. The number of nitrogens with two attached hydrogens (primary N) is 1. The first-order chi connectivity index (χ1) is 8.65. The van der Waals surface area contributed by atoms with Gasteiger partial charge in [0.15, 0.2) is 0 Å². The van der Waals surface area contributed by atoms with Gasteiger partial charge in [-0.25, -0.2) is 4.39 Å². The molecule has 0 amide bonds. The average Bonchev–Trinajstić information content (AvgIpc) is 3.09. The molecular formula is C13H14FN3O. The first-order valence-electron chi connectivity index (χ1n) is 6.01. The van der Waals surface area contributed by atoms with Gasteiger partial charge in [-0.3, -0.25) is 0 Å². The molecule has 1 unspecified atom stereocenters. The molecule has 4 nitrogen and oxygen atoms in total. The smallest absolute Gasteiger partial charge is 0.244 e. The van der Waals surface area contributed by atoms with Crippen LogP contribution in [0.1, 0.15) is 30.3 Å². The molecular weight excluding hydrogens is 233 g/mol. The van der Waals surface area contributed by atoms with Gasteiger partial charge in [0, 0.05) is 5.56 Å². The number of aryl methyl sites for hydroxylation is 1. The van der Waals surface area contributed by atoms with Crippen molar-refractivity contribution in [3.8, 4) is 11.4 Å². The van der Waals surface area contributed by atoms with E-state index in [1.54, 1.807) is 6.07 Å². The van der Waals surface area contributed by atoms with Crippen molar-refractivity contribution >= 4 is 0 Å². The van der Waals surface area contributed by atoms with Gasteiger partial charge in [0.2, 0.25) is 11.7 Å². The molecule has 2 aromatic rings. The SMILES string of the molecule is Cc1ccc(F)cc1-c1noc(C(N)C2CC2)n1. The van der Waals surface area contributed by atoms with Gasteiger partial charge in [-0.05, 0) is 43.4 Å². The third kappa shape index (κ3) is 2.01. The van der Waals surface area contributed by atoms with Gasteiger partial charge >= 0.3 is 0 Å². The molecule has 18 heavy (non-hydrogen) atoms. The molecule has 0 spiro atoms. The molecule has 1 aliphatic rings. The van der Waals surface area contributed by atoms with Crippen molar-refractivity contribution in [2.24, 2.45) is 11.7 Å². The number of nitrogens with zero attached hydrogens (tertiary/aromatic N) is 2. The van der Waals surface area contributed by atoms with Crippen LogP contribution >= 0.6 is 0 Å². The molecule has 1 fully saturated rings. The minimum absolute atomic E-state index is 0.194. The Morgan fingerprint density at radius 3 is 2.94 bits per heavy atom. The van der Waals surface area contributed by atoms with E-state index < -0.39 is 0 Å². The Balaban J connectivity index is 1.94. The Morgan fingerprint density at radius 1 is 1.44 bits per heavy atom.